The molecule has 0 aromatic rings. The van der Waals surface area contributed by atoms with E-state index in [9.17, 15) is 0 Å². The van der Waals surface area contributed by atoms with Gasteiger partial charge < -0.3 is 38.7 Å². The van der Waals surface area contributed by atoms with Gasteiger partial charge in [0.2, 0.25) is 0 Å². The predicted octanol–water partition coefficient (Wildman–Crippen LogP) is -7.78. The Morgan fingerprint density at radius 1 is 0.652 bits per heavy atom. The normalized spacial score (nSPS) is 9.57. The van der Waals surface area contributed by atoms with E-state index in [-0.39, 0.29) is 93.0 Å². The first-order chi connectivity index (χ1) is 8.91. The largest absolute Gasteiger partial charge is 1.00 e. The Bertz CT molecular complexity index is 254. The number of aliphatic hydroxyl groups is 1. The monoisotopic (exact) mass is 412 g/mol. The first-order valence-corrected chi connectivity index (χ1v) is 9.22. The SMILES string of the molecule is CCCCCCCCCO.O=P(O)(O)O.O=P(O)(O)O.[H-].[H-].[H-].[Na+].[Na+].[Na+]. The van der Waals surface area contributed by atoms with Crippen LogP contribution >= 0.6 is 15.6 Å². The van der Waals surface area contributed by atoms with E-state index in [1.54, 1.807) is 0 Å². The molecule has 0 amide bonds. The second kappa shape index (κ2) is 27.4. The number of aliphatic hydroxyl groups excluding tert-OH is 1. The Morgan fingerprint density at radius 2 is 0.870 bits per heavy atom. The first-order valence-electron chi connectivity index (χ1n) is 6.09. The molecular formula is C9H29Na3O9P2. The average Bonchev–Trinajstić information content (AvgIpc) is 2.18. The van der Waals surface area contributed by atoms with Crippen molar-refractivity contribution in [3.8, 4) is 0 Å². The van der Waals surface area contributed by atoms with Crippen molar-refractivity contribution in [2.24, 2.45) is 0 Å². The molecule has 7 N–H and O–H groups in total. The van der Waals surface area contributed by atoms with E-state index < -0.39 is 15.6 Å². The maximum absolute atomic E-state index is 8.88. The van der Waals surface area contributed by atoms with Crippen LogP contribution in [0, 0.1) is 0 Å². The summed E-state index contributed by atoms with van der Waals surface area (Å²) >= 11 is 0. The molecule has 132 valence electrons. The van der Waals surface area contributed by atoms with Crippen molar-refractivity contribution in [2.45, 2.75) is 51.9 Å². The fraction of sp³-hybridized carbons (Fsp3) is 1.00. The molecule has 0 heterocycles. The summed E-state index contributed by atoms with van der Waals surface area (Å²) < 4.78 is 17.8. The third kappa shape index (κ3) is 131. The second-order valence-corrected chi connectivity index (χ2v) is 5.92. The van der Waals surface area contributed by atoms with Crippen LogP contribution < -0.4 is 88.7 Å². The minimum atomic E-state index is -4.64. The van der Waals surface area contributed by atoms with Crippen molar-refractivity contribution in [2.75, 3.05) is 6.61 Å². The molecule has 0 unspecified atom stereocenters. The molecule has 0 aromatic heterocycles. The van der Waals surface area contributed by atoms with Gasteiger partial charge in [0.05, 0.1) is 0 Å². The summed E-state index contributed by atoms with van der Waals surface area (Å²) in [4.78, 5) is 43.1. The summed E-state index contributed by atoms with van der Waals surface area (Å²) in [7, 11) is -9.28. The van der Waals surface area contributed by atoms with Gasteiger partial charge in [-0.25, -0.2) is 9.13 Å². The molecule has 0 saturated heterocycles. The molecule has 0 radical (unpaired) electrons. The van der Waals surface area contributed by atoms with E-state index in [4.69, 9.17) is 43.6 Å². The summed E-state index contributed by atoms with van der Waals surface area (Å²) in [6.07, 6.45) is 8.93. The van der Waals surface area contributed by atoms with Crippen LogP contribution in [0.3, 0.4) is 0 Å². The summed E-state index contributed by atoms with van der Waals surface area (Å²) in [6.45, 7) is 2.60. The van der Waals surface area contributed by atoms with E-state index in [2.05, 4.69) is 6.92 Å². The Hall–Kier alpha value is 3.18. The molecule has 9 nitrogen and oxygen atoms in total. The number of hydrogen-bond acceptors (Lipinski definition) is 3. The van der Waals surface area contributed by atoms with Crippen LogP contribution in [0.25, 0.3) is 0 Å². The molecule has 14 heteroatoms. The topological polar surface area (TPSA) is 176 Å². The van der Waals surface area contributed by atoms with E-state index in [1.165, 1.54) is 38.5 Å². The van der Waals surface area contributed by atoms with Gasteiger partial charge in [-0.2, -0.15) is 0 Å². The molecule has 0 saturated carbocycles. The number of rotatable bonds is 7. The van der Waals surface area contributed by atoms with Crippen LogP contribution in [-0.4, -0.2) is 41.1 Å². The average molecular weight is 412 g/mol. The van der Waals surface area contributed by atoms with Gasteiger partial charge in [-0.05, 0) is 6.42 Å². The van der Waals surface area contributed by atoms with Gasteiger partial charge in [-0.3, -0.25) is 0 Å². The fourth-order valence-corrected chi connectivity index (χ4v) is 1.07. The standard InChI is InChI=1S/C9H20O.3Na.2H3O4P.3H/c1-2-3-4-5-6-7-8-9-10;;;;2*1-5(2,3)4;;;/h10H,2-9H2,1H3;;;;2*(H3,1,2,3,4);;;/q;3*+1;;;3*-1. The maximum Gasteiger partial charge on any atom is 1.00 e. The van der Waals surface area contributed by atoms with Crippen molar-refractivity contribution in [1.29, 1.82) is 0 Å². The molecule has 0 fully saturated rings. The van der Waals surface area contributed by atoms with Gasteiger partial charge in [-0.15, -0.1) is 0 Å². The van der Waals surface area contributed by atoms with Crippen LogP contribution in [0.2, 0.25) is 0 Å². The zero-order valence-corrected chi connectivity index (χ0v) is 22.3. The Balaban J connectivity index is -0.0000000229. The molecule has 0 rings (SSSR count). The van der Waals surface area contributed by atoms with Gasteiger partial charge in [0.1, 0.15) is 0 Å². The van der Waals surface area contributed by atoms with Crippen molar-refractivity contribution < 1.29 is 137 Å². The Kier molecular flexibility index (Phi) is 48.6. The van der Waals surface area contributed by atoms with E-state index in [0.29, 0.717) is 6.61 Å². The van der Waals surface area contributed by atoms with Gasteiger partial charge in [0, 0.05) is 6.61 Å². The van der Waals surface area contributed by atoms with Gasteiger partial charge >= 0.3 is 104 Å². The van der Waals surface area contributed by atoms with Crippen LogP contribution in [0.4, 0.5) is 0 Å². The molecule has 0 aliphatic heterocycles. The quantitative estimate of drug-likeness (QED) is 0.122. The summed E-state index contributed by atoms with van der Waals surface area (Å²) in [6, 6.07) is 0. The zero-order valence-electron chi connectivity index (χ0n) is 17.5. The van der Waals surface area contributed by atoms with Crippen molar-refractivity contribution in [3.05, 3.63) is 0 Å². The van der Waals surface area contributed by atoms with Crippen LogP contribution in [0.5, 0.6) is 0 Å². The number of phosphoric acid groups is 2. The van der Waals surface area contributed by atoms with Crippen molar-refractivity contribution >= 4 is 15.6 Å². The van der Waals surface area contributed by atoms with Crippen LogP contribution in [-0.2, 0) is 9.13 Å². The van der Waals surface area contributed by atoms with Gasteiger partial charge in [-0.1, -0.05) is 45.4 Å². The molecule has 0 atom stereocenters. The molecular weight excluding hydrogens is 383 g/mol. The fourth-order valence-electron chi connectivity index (χ4n) is 1.07. The molecule has 0 aliphatic carbocycles. The van der Waals surface area contributed by atoms with Crippen molar-refractivity contribution in [1.82, 2.24) is 0 Å². The Morgan fingerprint density at radius 3 is 1.09 bits per heavy atom. The third-order valence-electron chi connectivity index (χ3n) is 1.76. The summed E-state index contributed by atoms with van der Waals surface area (Å²) in [5.74, 6) is 0. The van der Waals surface area contributed by atoms with Gasteiger partial charge in [0.15, 0.2) is 0 Å². The smallest absolute Gasteiger partial charge is 1.00 e. The molecule has 0 spiro atoms. The summed E-state index contributed by atoms with van der Waals surface area (Å²) in [5, 5.41) is 8.47. The third-order valence-corrected chi connectivity index (χ3v) is 1.76. The summed E-state index contributed by atoms with van der Waals surface area (Å²) in [5.41, 5.74) is 0. The van der Waals surface area contributed by atoms with Crippen molar-refractivity contribution in [3.63, 3.8) is 0 Å². The van der Waals surface area contributed by atoms with Gasteiger partial charge in [0.25, 0.3) is 0 Å². The van der Waals surface area contributed by atoms with Crippen LogP contribution in [0.15, 0.2) is 0 Å². The Labute approximate surface area is 208 Å². The minimum Gasteiger partial charge on any atom is -1.00 e. The zero-order chi connectivity index (χ0) is 16.7. The number of hydrogen-bond donors (Lipinski definition) is 7. The molecule has 0 bridgehead atoms. The predicted molar refractivity (Wildman–Crippen MR) is 76.9 cm³/mol. The molecule has 0 aromatic carbocycles. The number of unbranched alkanes of at least 4 members (excludes halogenated alkanes) is 6. The van der Waals surface area contributed by atoms with E-state index in [0.717, 1.165) is 6.42 Å². The molecule has 23 heavy (non-hydrogen) atoms. The second-order valence-electron chi connectivity index (χ2n) is 3.87. The van der Waals surface area contributed by atoms with Crippen LogP contribution in [0.1, 0.15) is 56.1 Å². The maximum atomic E-state index is 8.88. The minimum absolute atomic E-state index is 0. The van der Waals surface area contributed by atoms with E-state index >= 15 is 0 Å². The molecule has 0 aliphatic rings. The first kappa shape index (κ1) is 40.8. The van der Waals surface area contributed by atoms with E-state index in [1.807, 2.05) is 0 Å².